The zero-order valence-electron chi connectivity index (χ0n) is 9.98. The first kappa shape index (κ1) is 11.0. The molecule has 1 N–H and O–H groups in total. The number of anilines is 1. The van der Waals surface area contributed by atoms with E-state index >= 15 is 0 Å². The minimum atomic E-state index is 0.847. The minimum absolute atomic E-state index is 0.847. The average Bonchev–Trinajstić information content (AvgIpc) is 2.86. The topological polar surface area (TPSA) is 24.9 Å². The molecule has 2 aromatic rings. The van der Waals surface area contributed by atoms with E-state index in [0.717, 1.165) is 18.3 Å². The summed E-state index contributed by atoms with van der Waals surface area (Å²) >= 11 is 1.78. The molecule has 0 aromatic carbocycles. The van der Waals surface area contributed by atoms with Gasteiger partial charge in [0.25, 0.3) is 0 Å². The summed E-state index contributed by atoms with van der Waals surface area (Å²) in [6.07, 6.45) is 8.90. The second kappa shape index (κ2) is 5.05. The smallest absolute Gasteiger partial charge is 0.134 e. The number of nitrogens with one attached hydrogen (secondary N) is 1. The number of hydrogen-bond acceptors (Lipinski definition) is 3. The Morgan fingerprint density at radius 2 is 2.12 bits per heavy atom. The lowest BCUT2D eigenvalue weighted by Gasteiger charge is -2.22. The van der Waals surface area contributed by atoms with E-state index in [0.29, 0.717) is 0 Å². The second-order valence-corrected chi connectivity index (χ2v) is 5.82. The van der Waals surface area contributed by atoms with Gasteiger partial charge in [0.2, 0.25) is 0 Å². The first-order valence-corrected chi connectivity index (χ1v) is 7.37. The van der Waals surface area contributed by atoms with E-state index in [1.165, 1.54) is 42.2 Å². The summed E-state index contributed by atoms with van der Waals surface area (Å²) in [6.45, 7) is 1.09. The zero-order valence-corrected chi connectivity index (χ0v) is 10.8. The first-order chi connectivity index (χ1) is 8.43. The molecule has 90 valence electrons. The minimum Gasteiger partial charge on any atom is -0.369 e. The molecule has 1 fully saturated rings. The molecule has 0 amide bonds. The molecule has 0 unspecified atom stereocenters. The summed E-state index contributed by atoms with van der Waals surface area (Å²) in [5, 5.41) is 6.95. The molecule has 0 saturated heterocycles. The van der Waals surface area contributed by atoms with Crippen LogP contribution in [0.25, 0.3) is 10.1 Å². The first-order valence-electron chi connectivity index (χ1n) is 6.49. The summed E-state index contributed by atoms with van der Waals surface area (Å²) in [5.74, 6) is 1.91. The van der Waals surface area contributed by atoms with Crippen LogP contribution >= 0.6 is 11.3 Å². The van der Waals surface area contributed by atoms with E-state index in [1.54, 1.807) is 11.3 Å². The van der Waals surface area contributed by atoms with Gasteiger partial charge >= 0.3 is 0 Å². The van der Waals surface area contributed by atoms with Crippen LogP contribution in [-0.2, 0) is 0 Å². The van der Waals surface area contributed by atoms with E-state index in [9.17, 15) is 0 Å². The SMILES string of the molecule is c1cc2sccc2c(NCC2CCCCC2)n1. The van der Waals surface area contributed by atoms with Gasteiger partial charge in [-0.1, -0.05) is 19.3 Å². The second-order valence-electron chi connectivity index (χ2n) is 4.88. The summed E-state index contributed by atoms with van der Waals surface area (Å²) in [4.78, 5) is 4.46. The van der Waals surface area contributed by atoms with Crippen molar-refractivity contribution in [3.8, 4) is 0 Å². The van der Waals surface area contributed by atoms with Crippen molar-refractivity contribution in [2.45, 2.75) is 32.1 Å². The van der Waals surface area contributed by atoms with Gasteiger partial charge in [-0.2, -0.15) is 0 Å². The highest BCUT2D eigenvalue weighted by molar-refractivity contribution is 7.17. The van der Waals surface area contributed by atoms with Crippen LogP contribution in [0.1, 0.15) is 32.1 Å². The van der Waals surface area contributed by atoms with Crippen molar-refractivity contribution in [3.05, 3.63) is 23.7 Å². The van der Waals surface area contributed by atoms with Crippen LogP contribution in [0.4, 0.5) is 5.82 Å². The van der Waals surface area contributed by atoms with Gasteiger partial charge in [0.1, 0.15) is 5.82 Å². The third-order valence-electron chi connectivity index (χ3n) is 3.66. The molecule has 0 radical (unpaired) electrons. The number of rotatable bonds is 3. The molecular formula is C14H18N2S. The van der Waals surface area contributed by atoms with E-state index in [-0.39, 0.29) is 0 Å². The van der Waals surface area contributed by atoms with Crippen LogP contribution in [0.5, 0.6) is 0 Å². The quantitative estimate of drug-likeness (QED) is 0.874. The molecule has 0 atom stereocenters. The number of aromatic nitrogens is 1. The number of nitrogens with zero attached hydrogens (tertiary/aromatic N) is 1. The van der Waals surface area contributed by atoms with E-state index in [2.05, 4.69) is 27.8 Å². The highest BCUT2D eigenvalue weighted by Crippen LogP contribution is 2.27. The summed E-state index contributed by atoms with van der Waals surface area (Å²) in [5.41, 5.74) is 0. The van der Waals surface area contributed by atoms with Gasteiger partial charge in [0.05, 0.1) is 0 Å². The maximum atomic E-state index is 4.46. The predicted octanol–water partition coefficient (Wildman–Crippen LogP) is 4.29. The van der Waals surface area contributed by atoms with E-state index in [4.69, 9.17) is 0 Å². The molecule has 0 spiro atoms. The van der Waals surface area contributed by atoms with Crippen molar-refractivity contribution in [3.63, 3.8) is 0 Å². The summed E-state index contributed by atoms with van der Waals surface area (Å²) < 4.78 is 1.33. The van der Waals surface area contributed by atoms with E-state index in [1.807, 2.05) is 6.20 Å². The Balaban J connectivity index is 1.69. The summed E-state index contributed by atoms with van der Waals surface area (Å²) in [7, 11) is 0. The van der Waals surface area contributed by atoms with Crippen molar-refractivity contribution in [1.29, 1.82) is 0 Å². The van der Waals surface area contributed by atoms with Gasteiger partial charge in [-0.3, -0.25) is 0 Å². The fraction of sp³-hybridized carbons (Fsp3) is 0.500. The number of thiophene rings is 1. The Morgan fingerprint density at radius 1 is 1.24 bits per heavy atom. The summed E-state index contributed by atoms with van der Waals surface area (Å²) in [6, 6.07) is 4.25. The van der Waals surface area contributed by atoms with Crippen LogP contribution in [0.3, 0.4) is 0 Å². The van der Waals surface area contributed by atoms with Gasteiger partial charge in [-0.05, 0) is 36.3 Å². The Kier molecular flexibility index (Phi) is 3.27. The van der Waals surface area contributed by atoms with Crippen molar-refractivity contribution >= 4 is 27.2 Å². The van der Waals surface area contributed by atoms with Crippen molar-refractivity contribution in [2.24, 2.45) is 5.92 Å². The van der Waals surface area contributed by atoms with Crippen LogP contribution in [0, 0.1) is 5.92 Å². The Labute approximate surface area is 106 Å². The number of pyridine rings is 1. The molecule has 2 heterocycles. The lowest BCUT2D eigenvalue weighted by molar-refractivity contribution is 0.373. The molecule has 2 aromatic heterocycles. The predicted molar refractivity (Wildman–Crippen MR) is 74.7 cm³/mol. The average molecular weight is 246 g/mol. The van der Waals surface area contributed by atoms with Gasteiger partial charge in [-0.15, -0.1) is 11.3 Å². The third-order valence-corrected chi connectivity index (χ3v) is 4.54. The lowest BCUT2D eigenvalue weighted by atomic mass is 9.89. The molecule has 1 aliphatic carbocycles. The highest BCUT2D eigenvalue weighted by atomic mass is 32.1. The van der Waals surface area contributed by atoms with Crippen LogP contribution in [0.15, 0.2) is 23.7 Å². The maximum absolute atomic E-state index is 4.46. The van der Waals surface area contributed by atoms with Crippen LogP contribution < -0.4 is 5.32 Å². The maximum Gasteiger partial charge on any atom is 0.134 e. The molecule has 1 saturated carbocycles. The van der Waals surface area contributed by atoms with Crippen molar-refractivity contribution < 1.29 is 0 Å². The van der Waals surface area contributed by atoms with Crippen LogP contribution in [0.2, 0.25) is 0 Å². The largest absolute Gasteiger partial charge is 0.369 e. The molecule has 3 heteroatoms. The Bertz CT molecular complexity index is 486. The molecule has 2 nitrogen and oxygen atoms in total. The molecule has 3 rings (SSSR count). The number of hydrogen-bond donors (Lipinski definition) is 1. The standard InChI is InChI=1S/C14H18N2S/c1-2-4-11(5-3-1)10-16-14-12-7-9-17-13(12)6-8-15-14/h6-9,11H,1-5,10H2,(H,15,16). The van der Waals surface area contributed by atoms with Crippen molar-refractivity contribution in [2.75, 3.05) is 11.9 Å². The molecule has 0 bridgehead atoms. The normalized spacial score (nSPS) is 17.4. The highest BCUT2D eigenvalue weighted by Gasteiger charge is 2.13. The molecule has 0 aliphatic heterocycles. The lowest BCUT2D eigenvalue weighted by Crippen LogP contribution is -2.17. The van der Waals surface area contributed by atoms with Crippen LogP contribution in [-0.4, -0.2) is 11.5 Å². The zero-order chi connectivity index (χ0) is 11.5. The fourth-order valence-electron chi connectivity index (χ4n) is 2.67. The molecule has 17 heavy (non-hydrogen) atoms. The van der Waals surface area contributed by atoms with Crippen molar-refractivity contribution in [1.82, 2.24) is 4.98 Å². The van der Waals surface area contributed by atoms with Gasteiger partial charge in [0, 0.05) is 22.8 Å². The molecule has 1 aliphatic rings. The van der Waals surface area contributed by atoms with Gasteiger partial charge < -0.3 is 5.32 Å². The molecular weight excluding hydrogens is 228 g/mol. The fourth-order valence-corrected chi connectivity index (χ4v) is 3.45. The van der Waals surface area contributed by atoms with Gasteiger partial charge in [-0.25, -0.2) is 4.98 Å². The Hall–Kier alpha value is -1.09. The monoisotopic (exact) mass is 246 g/mol. The number of fused-ring (bicyclic) bond motifs is 1. The van der Waals surface area contributed by atoms with E-state index < -0.39 is 0 Å². The third kappa shape index (κ3) is 2.44. The van der Waals surface area contributed by atoms with Gasteiger partial charge in [0.15, 0.2) is 0 Å². The Morgan fingerprint density at radius 3 is 3.00 bits per heavy atom.